The summed E-state index contributed by atoms with van der Waals surface area (Å²) in [5.41, 5.74) is 4.50. The second-order valence-electron chi connectivity index (χ2n) is 8.36. The van der Waals surface area contributed by atoms with Crippen molar-refractivity contribution in [3.8, 4) is 0 Å². The summed E-state index contributed by atoms with van der Waals surface area (Å²) in [6.07, 6.45) is 4.39. The van der Waals surface area contributed by atoms with E-state index in [9.17, 15) is 4.79 Å². The van der Waals surface area contributed by atoms with Gasteiger partial charge in [0.05, 0.1) is 0 Å². The van der Waals surface area contributed by atoms with Crippen LogP contribution in [0.15, 0.2) is 65.2 Å². The number of amides is 1. The molecule has 2 aromatic rings. The summed E-state index contributed by atoms with van der Waals surface area (Å²) in [6.45, 7) is 3.99. The van der Waals surface area contributed by atoms with Gasteiger partial charge in [-0.05, 0) is 50.2 Å². The van der Waals surface area contributed by atoms with Gasteiger partial charge < -0.3 is 20.4 Å². The Balaban J connectivity index is 1.50. The molecule has 0 atom stereocenters. The van der Waals surface area contributed by atoms with Crippen molar-refractivity contribution in [1.82, 2.24) is 20.4 Å². The lowest BCUT2D eigenvalue weighted by atomic mass is 10.0. The summed E-state index contributed by atoms with van der Waals surface area (Å²) in [7, 11) is 5.81. The molecule has 170 valence electrons. The lowest BCUT2D eigenvalue weighted by Crippen LogP contribution is -2.44. The summed E-state index contributed by atoms with van der Waals surface area (Å²) < 4.78 is 0. The predicted molar refractivity (Wildman–Crippen MR) is 133 cm³/mol. The van der Waals surface area contributed by atoms with Gasteiger partial charge in [0.1, 0.15) is 0 Å². The first-order valence-corrected chi connectivity index (χ1v) is 11.3. The maximum absolute atomic E-state index is 12.4. The van der Waals surface area contributed by atoms with Crippen molar-refractivity contribution in [1.29, 1.82) is 0 Å². The Kier molecular flexibility index (Phi) is 8.87. The van der Waals surface area contributed by atoms with E-state index in [1.54, 1.807) is 0 Å². The number of guanidine groups is 1. The highest BCUT2D eigenvalue weighted by Crippen LogP contribution is 2.19. The predicted octanol–water partition coefficient (Wildman–Crippen LogP) is 3.23. The minimum absolute atomic E-state index is 0.0353. The van der Waals surface area contributed by atoms with Crippen molar-refractivity contribution >= 4 is 17.9 Å². The average molecular weight is 434 g/mol. The molecule has 1 aliphatic heterocycles. The molecule has 0 aliphatic carbocycles. The number of rotatable bonds is 7. The van der Waals surface area contributed by atoms with Crippen molar-refractivity contribution in [2.75, 3.05) is 47.3 Å². The highest BCUT2D eigenvalue weighted by molar-refractivity contribution is 5.94. The number of nitrogens with one attached hydrogen (secondary N) is 2. The molecule has 6 nitrogen and oxygen atoms in total. The van der Waals surface area contributed by atoms with Crippen molar-refractivity contribution in [3.05, 3.63) is 76.9 Å². The number of aliphatic imine (C=N–C) groups is 1. The molecule has 0 radical (unpaired) electrons. The maximum Gasteiger partial charge on any atom is 0.251 e. The monoisotopic (exact) mass is 433 g/mol. The lowest BCUT2D eigenvalue weighted by molar-refractivity contribution is 0.0951. The van der Waals surface area contributed by atoms with E-state index in [0.29, 0.717) is 18.7 Å². The third-order valence-corrected chi connectivity index (χ3v) is 5.57. The number of piperidine rings is 1. The molecular formula is C26H35N5O. The Hall–Kier alpha value is -3.12. The number of benzene rings is 2. The van der Waals surface area contributed by atoms with Gasteiger partial charge >= 0.3 is 0 Å². The Bertz CT molecular complexity index is 926. The average Bonchev–Trinajstić information content (AvgIpc) is 2.81. The van der Waals surface area contributed by atoms with E-state index in [1.807, 2.05) is 56.4 Å². The quantitative estimate of drug-likeness (QED) is 0.520. The number of likely N-dealkylation sites (tertiary alicyclic amines) is 1. The second-order valence-corrected chi connectivity index (χ2v) is 8.36. The molecule has 32 heavy (non-hydrogen) atoms. The maximum atomic E-state index is 12.4. The van der Waals surface area contributed by atoms with Crippen LogP contribution in [-0.4, -0.2) is 69.0 Å². The zero-order valence-corrected chi connectivity index (χ0v) is 19.5. The second kappa shape index (κ2) is 12.1. The molecule has 1 amide bonds. The molecule has 0 unspecified atom stereocenters. The van der Waals surface area contributed by atoms with Crippen molar-refractivity contribution in [2.45, 2.75) is 19.4 Å². The highest BCUT2D eigenvalue weighted by Gasteiger charge is 2.17. The fourth-order valence-corrected chi connectivity index (χ4v) is 3.77. The van der Waals surface area contributed by atoms with E-state index < -0.39 is 0 Å². The van der Waals surface area contributed by atoms with Crippen LogP contribution >= 0.6 is 0 Å². The van der Waals surface area contributed by atoms with Crippen molar-refractivity contribution < 1.29 is 4.79 Å². The van der Waals surface area contributed by atoms with E-state index in [1.165, 1.54) is 11.1 Å². The number of nitrogens with zero attached hydrogens (tertiary/aromatic N) is 3. The largest absolute Gasteiger partial charge is 0.352 e. The highest BCUT2D eigenvalue weighted by atomic mass is 16.1. The summed E-state index contributed by atoms with van der Waals surface area (Å²) in [5, 5.41) is 6.43. The molecule has 2 aromatic carbocycles. The number of carbonyl (C=O) groups excluding carboxylic acids is 1. The van der Waals surface area contributed by atoms with Crippen LogP contribution in [0.25, 0.3) is 6.08 Å². The summed E-state index contributed by atoms with van der Waals surface area (Å²) in [5.74, 6) is 0.872. The van der Waals surface area contributed by atoms with E-state index in [2.05, 4.69) is 50.9 Å². The first-order valence-electron chi connectivity index (χ1n) is 11.3. The number of likely N-dealkylation sites (N-methyl/N-ethyl adjacent to an activating group) is 1. The molecule has 0 aromatic heterocycles. The van der Waals surface area contributed by atoms with E-state index in [-0.39, 0.29) is 5.91 Å². The summed E-state index contributed by atoms with van der Waals surface area (Å²) in [6, 6.07) is 18.3. The minimum Gasteiger partial charge on any atom is -0.352 e. The van der Waals surface area contributed by atoms with E-state index in [4.69, 9.17) is 0 Å². The van der Waals surface area contributed by atoms with Gasteiger partial charge in [0.2, 0.25) is 0 Å². The summed E-state index contributed by atoms with van der Waals surface area (Å²) in [4.78, 5) is 21.2. The molecular weight excluding hydrogens is 398 g/mol. The first-order chi connectivity index (χ1) is 15.5. The zero-order chi connectivity index (χ0) is 22.8. The Labute approximate surface area is 192 Å². The number of hydrogen-bond donors (Lipinski definition) is 2. The molecule has 0 spiro atoms. The van der Waals surface area contributed by atoms with Crippen LogP contribution in [0.5, 0.6) is 0 Å². The van der Waals surface area contributed by atoms with Gasteiger partial charge in [0.15, 0.2) is 5.96 Å². The van der Waals surface area contributed by atoms with Gasteiger partial charge in [-0.2, -0.15) is 0 Å². The minimum atomic E-state index is -0.0353. The fourth-order valence-electron chi connectivity index (χ4n) is 3.77. The van der Waals surface area contributed by atoms with Crippen LogP contribution in [0.4, 0.5) is 0 Å². The van der Waals surface area contributed by atoms with Gasteiger partial charge in [0, 0.05) is 45.3 Å². The molecule has 1 heterocycles. The van der Waals surface area contributed by atoms with Gasteiger partial charge in [-0.3, -0.25) is 9.79 Å². The first kappa shape index (κ1) is 23.5. The van der Waals surface area contributed by atoms with Crippen LogP contribution in [0.1, 0.15) is 34.3 Å². The van der Waals surface area contributed by atoms with Gasteiger partial charge in [-0.1, -0.05) is 54.1 Å². The molecule has 1 saturated heterocycles. The molecule has 1 aliphatic rings. The standard InChI is InChI=1S/C26H35N5O/c1-27-26(31-15-12-22(13-16-31)18-21-8-5-4-6-9-21)29-20-23-10-7-11-24(19-23)25(32)28-14-17-30(2)3/h4-11,18-19H,12-17,20H2,1-3H3,(H,27,29)(H,28,32). The molecule has 0 bridgehead atoms. The normalized spacial score (nSPS) is 14.4. The third-order valence-electron chi connectivity index (χ3n) is 5.57. The third kappa shape index (κ3) is 7.24. The molecule has 6 heteroatoms. The number of carbonyl (C=O) groups is 1. The summed E-state index contributed by atoms with van der Waals surface area (Å²) >= 11 is 0. The topological polar surface area (TPSA) is 60.0 Å². The molecule has 0 saturated carbocycles. The van der Waals surface area contributed by atoms with Gasteiger partial charge in [-0.15, -0.1) is 0 Å². The van der Waals surface area contributed by atoms with Gasteiger partial charge in [0.25, 0.3) is 5.91 Å². The SMILES string of the molecule is CN=C(NCc1cccc(C(=O)NCCN(C)C)c1)N1CCC(=Cc2ccccc2)CC1. The smallest absolute Gasteiger partial charge is 0.251 e. The van der Waals surface area contributed by atoms with E-state index in [0.717, 1.165) is 44.0 Å². The van der Waals surface area contributed by atoms with Crippen LogP contribution in [0, 0.1) is 0 Å². The van der Waals surface area contributed by atoms with Crippen molar-refractivity contribution in [2.24, 2.45) is 4.99 Å². The van der Waals surface area contributed by atoms with Crippen LogP contribution in [0.2, 0.25) is 0 Å². The number of hydrogen-bond acceptors (Lipinski definition) is 3. The molecule has 2 N–H and O–H groups in total. The Morgan fingerprint density at radius 1 is 1.06 bits per heavy atom. The van der Waals surface area contributed by atoms with Gasteiger partial charge in [-0.25, -0.2) is 0 Å². The zero-order valence-electron chi connectivity index (χ0n) is 19.5. The van der Waals surface area contributed by atoms with Crippen molar-refractivity contribution in [3.63, 3.8) is 0 Å². The van der Waals surface area contributed by atoms with E-state index >= 15 is 0 Å². The fraction of sp³-hybridized carbons (Fsp3) is 0.385. The van der Waals surface area contributed by atoms with Crippen LogP contribution in [-0.2, 0) is 6.54 Å². The Morgan fingerprint density at radius 2 is 1.81 bits per heavy atom. The molecule has 3 rings (SSSR count). The van der Waals surface area contributed by atoms with Crippen LogP contribution < -0.4 is 10.6 Å². The van der Waals surface area contributed by atoms with Crippen LogP contribution in [0.3, 0.4) is 0 Å². The lowest BCUT2D eigenvalue weighted by Gasteiger charge is -2.31. The molecule has 1 fully saturated rings. The Morgan fingerprint density at radius 3 is 2.50 bits per heavy atom.